The number of benzene rings is 3. The highest BCUT2D eigenvalue weighted by atomic mass is 32.2. The number of aliphatic carboxylic acids is 1. The van der Waals surface area contributed by atoms with Crippen molar-refractivity contribution in [1.82, 2.24) is 10.3 Å². The Hall–Kier alpha value is -5.43. The third-order valence-electron chi connectivity index (χ3n) is 6.28. The summed E-state index contributed by atoms with van der Waals surface area (Å²) in [6.07, 6.45) is 2.68. The second kappa shape index (κ2) is 13.5. The third-order valence-corrected chi connectivity index (χ3v) is 8.10. The maximum atomic E-state index is 13.1. The van der Waals surface area contributed by atoms with Crippen LogP contribution in [0, 0.1) is 0 Å². The zero-order valence-electron chi connectivity index (χ0n) is 23.1. The van der Waals surface area contributed by atoms with Crippen LogP contribution in [0.25, 0.3) is 0 Å². The first-order valence-electron chi connectivity index (χ1n) is 12.8. The predicted octanol–water partition coefficient (Wildman–Crippen LogP) is 4.00. The molecule has 1 unspecified atom stereocenters. The van der Waals surface area contributed by atoms with Crippen LogP contribution in [0.1, 0.15) is 15.9 Å². The van der Waals surface area contributed by atoms with Crippen molar-refractivity contribution >= 4 is 39.1 Å². The van der Waals surface area contributed by atoms with E-state index < -0.39 is 33.8 Å². The summed E-state index contributed by atoms with van der Waals surface area (Å²) in [5.41, 5.74) is 1.12. The molecule has 0 aliphatic rings. The van der Waals surface area contributed by atoms with E-state index in [2.05, 4.69) is 20.9 Å². The molecule has 1 atom stereocenters. The van der Waals surface area contributed by atoms with E-state index in [1.165, 1.54) is 56.9 Å². The summed E-state index contributed by atoms with van der Waals surface area (Å²) in [5, 5.41) is 17.3. The smallest absolute Gasteiger partial charge is 0.326 e. The lowest BCUT2D eigenvalue weighted by Crippen LogP contribution is -2.44. The molecule has 0 radical (unpaired) electrons. The van der Waals surface area contributed by atoms with E-state index in [-0.39, 0.29) is 39.0 Å². The number of methoxy groups -OCH3 is 2. The Bertz CT molecular complexity index is 1710. The average molecular weight is 605 g/mol. The average Bonchev–Trinajstić information content (AvgIpc) is 3.01. The molecule has 0 fully saturated rings. The van der Waals surface area contributed by atoms with Crippen LogP contribution in [-0.2, 0) is 21.1 Å². The van der Waals surface area contributed by atoms with E-state index in [9.17, 15) is 27.9 Å². The maximum absolute atomic E-state index is 13.1. The molecule has 4 rings (SSSR count). The standard InChI is InChI=1S/C30H28N4O8S/c1-41-24-17-31-18-25(42-2)27(24)28(35)32-20-14-12-19(13-15-20)16-23(29(36)37)34-30(38)33-22-10-6-7-11-26(22)43(39,40)21-8-4-3-5-9-21/h3-15,17-18,23H,16H2,1-2H3,(H,32,35)(H,36,37)(H2,33,34,38). The van der Waals surface area contributed by atoms with Crippen molar-refractivity contribution in [3.05, 3.63) is 102 Å². The molecule has 4 N–H and O–H groups in total. The molecular formula is C30H28N4O8S. The molecule has 1 aromatic heterocycles. The Labute approximate surface area is 247 Å². The fourth-order valence-corrected chi connectivity index (χ4v) is 5.59. The van der Waals surface area contributed by atoms with Gasteiger partial charge in [0.15, 0.2) is 11.5 Å². The van der Waals surface area contributed by atoms with E-state index >= 15 is 0 Å². The van der Waals surface area contributed by atoms with Crippen LogP contribution in [0.5, 0.6) is 11.5 Å². The monoisotopic (exact) mass is 604 g/mol. The number of pyridine rings is 1. The number of ether oxygens (including phenoxy) is 2. The summed E-state index contributed by atoms with van der Waals surface area (Å²) in [6.45, 7) is 0. The van der Waals surface area contributed by atoms with E-state index in [0.29, 0.717) is 11.3 Å². The highest BCUT2D eigenvalue weighted by Gasteiger charge is 2.25. The van der Waals surface area contributed by atoms with Gasteiger partial charge < -0.3 is 30.5 Å². The first-order valence-corrected chi connectivity index (χ1v) is 14.3. The number of carbonyl (C=O) groups excluding carboxylic acids is 2. The first kappa shape index (κ1) is 30.5. The minimum atomic E-state index is -3.95. The minimum absolute atomic E-state index is 0.00413. The second-order valence-electron chi connectivity index (χ2n) is 9.08. The van der Waals surface area contributed by atoms with Crippen molar-refractivity contribution in [3.8, 4) is 11.5 Å². The molecule has 0 saturated heterocycles. The molecular weight excluding hydrogens is 576 g/mol. The summed E-state index contributed by atoms with van der Waals surface area (Å²) >= 11 is 0. The number of amides is 3. The van der Waals surface area contributed by atoms with Crippen molar-refractivity contribution in [2.75, 3.05) is 24.9 Å². The molecule has 0 aliphatic heterocycles. The number of carbonyl (C=O) groups is 3. The predicted molar refractivity (Wildman–Crippen MR) is 157 cm³/mol. The highest BCUT2D eigenvalue weighted by Crippen LogP contribution is 2.29. The van der Waals surface area contributed by atoms with Crippen LogP contribution in [0.4, 0.5) is 16.2 Å². The van der Waals surface area contributed by atoms with Crippen LogP contribution < -0.4 is 25.4 Å². The number of hydrogen-bond donors (Lipinski definition) is 4. The lowest BCUT2D eigenvalue weighted by Gasteiger charge is -2.17. The number of para-hydroxylation sites is 1. The molecule has 3 aromatic carbocycles. The van der Waals surface area contributed by atoms with Crippen molar-refractivity contribution in [1.29, 1.82) is 0 Å². The molecule has 0 spiro atoms. The van der Waals surface area contributed by atoms with Crippen LogP contribution >= 0.6 is 0 Å². The van der Waals surface area contributed by atoms with E-state index in [1.54, 1.807) is 48.5 Å². The van der Waals surface area contributed by atoms with Gasteiger partial charge in [0.05, 0.1) is 42.1 Å². The number of urea groups is 1. The topological polar surface area (TPSA) is 173 Å². The fraction of sp³-hybridized carbons (Fsp3) is 0.133. The van der Waals surface area contributed by atoms with Gasteiger partial charge in [0.2, 0.25) is 9.84 Å². The van der Waals surface area contributed by atoms with Gasteiger partial charge in [0, 0.05) is 12.1 Å². The summed E-state index contributed by atoms with van der Waals surface area (Å²) in [7, 11) is -1.15. The Balaban J connectivity index is 1.43. The molecule has 1 heterocycles. The van der Waals surface area contributed by atoms with Gasteiger partial charge >= 0.3 is 12.0 Å². The number of carboxylic acid groups (broad SMARTS) is 1. The normalized spacial score (nSPS) is 11.6. The second-order valence-corrected chi connectivity index (χ2v) is 11.0. The number of aromatic nitrogens is 1. The number of rotatable bonds is 11. The van der Waals surface area contributed by atoms with Gasteiger partial charge in [-0.1, -0.05) is 42.5 Å². The molecule has 12 nitrogen and oxygen atoms in total. The Kier molecular flexibility index (Phi) is 9.58. The van der Waals surface area contributed by atoms with E-state index in [1.807, 2.05) is 0 Å². The molecule has 222 valence electrons. The SMILES string of the molecule is COc1cncc(OC)c1C(=O)Nc1ccc(CC(NC(=O)Nc2ccccc2S(=O)(=O)c2ccccc2)C(=O)O)cc1. The third kappa shape index (κ3) is 7.26. The Morgan fingerprint density at radius 1 is 0.837 bits per heavy atom. The zero-order valence-corrected chi connectivity index (χ0v) is 23.9. The summed E-state index contributed by atoms with van der Waals surface area (Å²) < 4.78 is 36.7. The van der Waals surface area contributed by atoms with Gasteiger partial charge in [-0.25, -0.2) is 18.0 Å². The lowest BCUT2D eigenvalue weighted by atomic mass is 10.1. The Morgan fingerprint density at radius 2 is 1.44 bits per heavy atom. The zero-order chi connectivity index (χ0) is 31.0. The van der Waals surface area contributed by atoms with E-state index in [4.69, 9.17) is 9.47 Å². The molecule has 0 bridgehead atoms. The number of hydrogen-bond acceptors (Lipinski definition) is 8. The van der Waals surface area contributed by atoms with Gasteiger partial charge in [0.1, 0.15) is 11.6 Å². The highest BCUT2D eigenvalue weighted by molar-refractivity contribution is 7.91. The van der Waals surface area contributed by atoms with E-state index in [0.717, 1.165) is 0 Å². The van der Waals surface area contributed by atoms with Crippen molar-refractivity contribution in [2.24, 2.45) is 0 Å². The number of anilines is 2. The minimum Gasteiger partial charge on any atom is -0.494 e. The van der Waals surface area contributed by atoms with Crippen molar-refractivity contribution < 1.29 is 37.4 Å². The van der Waals surface area contributed by atoms with Crippen LogP contribution in [0.3, 0.4) is 0 Å². The van der Waals surface area contributed by atoms with Gasteiger partial charge in [0.25, 0.3) is 5.91 Å². The lowest BCUT2D eigenvalue weighted by molar-refractivity contribution is -0.139. The fourth-order valence-electron chi connectivity index (χ4n) is 4.16. The Morgan fingerprint density at radius 3 is 2.05 bits per heavy atom. The number of nitrogens with one attached hydrogen (secondary N) is 3. The maximum Gasteiger partial charge on any atom is 0.326 e. The van der Waals surface area contributed by atoms with Crippen LogP contribution in [0.15, 0.2) is 101 Å². The molecule has 3 amide bonds. The summed E-state index contributed by atoms with van der Waals surface area (Å²) in [4.78, 5) is 41.5. The quantitative estimate of drug-likeness (QED) is 0.197. The van der Waals surface area contributed by atoms with Gasteiger partial charge in [-0.05, 0) is 42.0 Å². The van der Waals surface area contributed by atoms with Gasteiger partial charge in [-0.2, -0.15) is 0 Å². The number of carboxylic acids is 1. The largest absolute Gasteiger partial charge is 0.494 e. The van der Waals surface area contributed by atoms with Gasteiger partial charge in [-0.15, -0.1) is 0 Å². The molecule has 13 heteroatoms. The summed E-state index contributed by atoms with van der Waals surface area (Å²) in [5.74, 6) is -1.35. The molecule has 43 heavy (non-hydrogen) atoms. The van der Waals surface area contributed by atoms with Gasteiger partial charge in [-0.3, -0.25) is 9.78 Å². The first-order chi connectivity index (χ1) is 20.6. The molecule has 0 aliphatic carbocycles. The van der Waals surface area contributed by atoms with Crippen LogP contribution in [-0.4, -0.2) is 56.7 Å². The van der Waals surface area contributed by atoms with Crippen LogP contribution in [0.2, 0.25) is 0 Å². The molecule has 0 saturated carbocycles. The number of sulfone groups is 1. The van der Waals surface area contributed by atoms with Crippen molar-refractivity contribution in [2.45, 2.75) is 22.3 Å². The summed E-state index contributed by atoms with van der Waals surface area (Å²) in [6, 6.07) is 17.7. The molecule has 4 aromatic rings. The number of nitrogens with zero attached hydrogens (tertiary/aromatic N) is 1. The van der Waals surface area contributed by atoms with Crippen molar-refractivity contribution in [3.63, 3.8) is 0 Å².